The number of nitrogens with one attached hydrogen (secondary N) is 1. The second-order valence-electron chi connectivity index (χ2n) is 5.20. The number of hydrogen-bond acceptors (Lipinski definition) is 3. The Hall–Kier alpha value is -0.610. The molecule has 0 aromatic rings. The summed E-state index contributed by atoms with van der Waals surface area (Å²) < 4.78 is 5.57. The van der Waals surface area contributed by atoms with Gasteiger partial charge in [0.25, 0.3) is 0 Å². The molecule has 0 aliphatic carbocycles. The van der Waals surface area contributed by atoms with Crippen LogP contribution < -0.4 is 11.1 Å². The highest BCUT2D eigenvalue weighted by Crippen LogP contribution is 2.10. The number of amides is 1. The van der Waals surface area contributed by atoms with Gasteiger partial charge in [-0.15, -0.1) is 0 Å². The van der Waals surface area contributed by atoms with Crippen molar-refractivity contribution >= 4 is 5.91 Å². The zero-order valence-corrected chi connectivity index (χ0v) is 11.2. The normalized spacial score (nSPS) is 13.9. The van der Waals surface area contributed by atoms with Crippen molar-refractivity contribution in [2.75, 3.05) is 13.1 Å². The molecular formula is C12H26N2O2. The first-order valence-electron chi connectivity index (χ1n) is 5.94. The summed E-state index contributed by atoms with van der Waals surface area (Å²) in [7, 11) is 0. The van der Waals surface area contributed by atoms with E-state index in [1.165, 1.54) is 0 Å². The highest BCUT2D eigenvalue weighted by Gasteiger charge is 2.23. The van der Waals surface area contributed by atoms with Crippen LogP contribution in [0.3, 0.4) is 0 Å². The minimum Gasteiger partial charge on any atom is -0.362 e. The molecule has 3 N–H and O–H groups in total. The van der Waals surface area contributed by atoms with Crippen molar-refractivity contribution < 1.29 is 9.53 Å². The quantitative estimate of drug-likeness (QED) is 0.692. The maximum Gasteiger partial charge on any atom is 0.248 e. The van der Waals surface area contributed by atoms with Gasteiger partial charge >= 0.3 is 0 Å². The molecule has 1 unspecified atom stereocenters. The minimum absolute atomic E-state index is 0.0674. The van der Waals surface area contributed by atoms with Gasteiger partial charge in [0.2, 0.25) is 5.91 Å². The van der Waals surface area contributed by atoms with Crippen LogP contribution in [0.4, 0.5) is 0 Å². The van der Waals surface area contributed by atoms with Crippen molar-refractivity contribution in [3.63, 3.8) is 0 Å². The van der Waals surface area contributed by atoms with Crippen LogP contribution in [-0.2, 0) is 9.53 Å². The van der Waals surface area contributed by atoms with Crippen molar-refractivity contribution in [2.45, 2.75) is 52.7 Å². The fourth-order valence-electron chi connectivity index (χ4n) is 1.21. The van der Waals surface area contributed by atoms with Gasteiger partial charge in [-0.1, -0.05) is 13.8 Å². The smallest absolute Gasteiger partial charge is 0.248 e. The largest absolute Gasteiger partial charge is 0.362 e. The van der Waals surface area contributed by atoms with Crippen LogP contribution in [0.5, 0.6) is 0 Å². The van der Waals surface area contributed by atoms with Gasteiger partial charge in [0.1, 0.15) is 6.10 Å². The average molecular weight is 230 g/mol. The van der Waals surface area contributed by atoms with E-state index < -0.39 is 11.7 Å². The first-order valence-corrected chi connectivity index (χ1v) is 5.94. The van der Waals surface area contributed by atoms with E-state index in [0.29, 0.717) is 19.0 Å². The third kappa shape index (κ3) is 6.80. The lowest BCUT2D eigenvalue weighted by molar-refractivity contribution is -0.141. The summed E-state index contributed by atoms with van der Waals surface area (Å²) >= 11 is 0. The lowest BCUT2D eigenvalue weighted by Gasteiger charge is -2.27. The van der Waals surface area contributed by atoms with Crippen LogP contribution in [0.2, 0.25) is 0 Å². The summed E-state index contributed by atoms with van der Waals surface area (Å²) in [6.07, 6.45) is 0.532. The molecule has 0 aliphatic heterocycles. The van der Waals surface area contributed by atoms with Crippen LogP contribution in [0.15, 0.2) is 0 Å². The van der Waals surface area contributed by atoms with Crippen LogP contribution in [0.1, 0.15) is 41.0 Å². The summed E-state index contributed by atoms with van der Waals surface area (Å²) in [6.45, 7) is 10.9. The molecule has 0 fully saturated rings. The van der Waals surface area contributed by atoms with Gasteiger partial charge < -0.3 is 15.8 Å². The van der Waals surface area contributed by atoms with Gasteiger partial charge in [-0.3, -0.25) is 4.79 Å². The SMILES string of the molecule is CC(C)CCNC(=O)C(C)OC(C)(C)CN. The van der Waals surface area contributed by atoms with Gasteiger partial charge in [-0.25, -0.2) is 0 Å². The molecule has 0 radical (unpaired) electrons. The molecule has 0 bridgehead atoms. The summed E-state index contributed by atoms with van der Waals surface area (Å²) in [5, 5.41) is 2.86. The molecule has 4 heteroatoms. The third-order valence-corrected chi connectivity index (χ3v) is 2.38. The Balaban J connectivity index is 3.91. The van der Waals surface area contributed by atoms with Crippen molar-refractivity contribution in [3.05, 3.63) is 0 Å². The third-order valence-electron chi connectivity index (χ3n) is 2.38. The lowest BCUT2D eigenvalue weighted by Crippen LogP contribution is -2.43. The maximum absolute atomic E-state index is 11.6. The first-order chi connectivity index (χ1) is 7.28. The molecule has 16 heavy (non-hydrogen) atoms. The molecule has 0 heterocycles. The van der Waals surface area contributed by atoms with Gasteiger partial charge in [-0.05, 0) is 33.1 Å². The molecule has 0 aliphatic rings. The number of rotatable bonds is 7. The summed E-state index contributed by atoms with van der Waals surface area (Å²) in [6, 6.07) is 0. The number of ether oxygens (including phenoxy) is 1. The van der Waals surface area contributed by atoms with Crippen LogP contribution in [-0.4, -0.2) is 30.7 Å². The molecule has 4 nitrogen and oxygen atoms in total. The van der Waals surface area contributed by atoms with Crippen LogP contribution >= 0.6 is 0 Å². The predicted molar refractivity (Wildman–Crippen MR) is 66.1 cm³/mol. The molecular weight excluding hydrogens is 204 g/mol. The maximum atomic E-state index is 11.6. The molecule has 0 aromatic carbocycles. The van der Waals surface area contributed by atoms with E-state index in [1.54, 1.807) is 6.92 Å². The Morgan fingerprint density at radius 3 is 2.38 bits per heavy atom. The summed E-state index contributed by atoms with van der Waals surface area (Å²) in [4.78, 5) is 11.6. The van der Waals surface area contributed by atoms with Crippen LogP contribution in [0, 0.1) is 5.92 Å². The van der Waals surface area contributed by atoms with Crippen molar-refractivity contribution in [1.82, 2.24) is 5.32 Å². The molecule has 0 rings (SSSR count). The molecule has 0 saturated carbocycles. The lowest BCUT2D eigenvalue weighted by atomic mass is 10.1. The van der Waals surface area contributed by atoms with Gasteiger partial charge in [0.05, 0.1) is 5.60 Å². The minimum atomic E-state index is -0.453. The Labute approximate surface area is 98.9 Å². The van der Waals surface area contributed by atoms with E-state index in [4.69, 9.17) is 10.5 Å². The monoisotopic (exact) mass is 230 g/mol. The number of carbonyl (C=O) groups excluding carboxylic acids is 1. The van der Waals surface area contributed by atoms with E-state index in [-0.39, 0.29) is 5.91 Å². The highest BCUT2D eigenvalue weighted by atomic mass is 16.5. The van der Waals surface area contributed by atoms with Crippen molar-refractivity contribution in [3.8, 4) is 0 Å². The van der Waals surface area contributed by atoms with Gasteiger partial charge in [0, 0.05) is 13.1 Å². The van der Waals surface area contributed by atoms with E-state index in [0.717, 1.165) is 6.42 Å². The van der Waals surface area contributed by atoms with E-state index >= 15 is 0 Å². The molecule has 1 atom stereocenters. The Kier molecular flexibility index (Phi) is 6.60. The Bertz CT molecular complexity index is 215. The summed E-state index contributed by atoms with van der Waals surface area (Å²) in [5.74, 6) is 0.527. The zero-order valence-electron chi connectivity index (χ0n) is 11.2. The topological polar surface area (TPSA) is 64.3 Å². The fraction of sp³-hybridized carbons (Fsp3) is 0.917. The average Bonchev–Trinajstić information content (AvgIpc) is 2.16. The number of carbonyl (C=O) groups is 1. The van der Waals surface area contributed by atoms with E-state index in [2.05, 4.69) is 19.2 Å². The van der Waals surface area contributed by atoms with Gasteiger partial charge in [-0.2, -0.15) is 0 Å². The molecule has 0 aromatic heterocycles. The van der Waals surface area contributed by atoms with Crippen molar-refractivity contribution in [1.29, 1.82) is 0 Å². The number of nitrogens with two attached hydrogens (primary N) is 1. The highest BCUT2D eigenvalue weighted by molar-refractivity contribution is 5.80. The molecule has 1 amide bonds. The first kappa shape index (κ1) is 15.4. The Morgan fingerprint density at radius 1 is 1.38 bits per heavy atom. The second-order valence-corrected chi connectivity index (χ2v) is 5.20. The van der Waals surface area contributed by atoms with E-state index in [1.807, 2.05) is 13.8 Å². The Morgan fingerprint density at radius 2 is 1.94 bits per heavy atom. The van der Waals surface area contributed by atoms with Gasteiger partial charge in [0.15, 0.2) is 0 Å². The standard InChI is InChI=1S/C12H26N2O2/c1-9(2)6-7-14-11(15)10(3)16-12(4,5)8-13/h9-10H,6-8,13H2,1-5H3,(H,14,15). The zero-order chi connectivity index (χ0) is 12.8. The molecule has 0 saturated heterocycles. The number of hydrogen-bond donors (Lipinski definition) is 2. The van der Waals surface area contributed by atoms with E-state index in [9.17, 15) is 4.79 Å². The second kappa shape index (κ2) is 6.86. The molecule has 0 spiro atoms. The fourth-order valence-corrected chi connectivity index (χ4v) is 1.21. The van der Waals surface area contributed by atoms with Crippen molar-refractivity contribution in [2.24, 2.45) is 11.7 Å². The van der Waals surface area contributed by atoms with Crippen LogP contribution in [0.25, 0.3) is 0 Å². The predicted octanol–water partition coefficient (Wildman–Crippen LogP) is 1.29. The molecule has 96 valence electrons. The summed E-state index contributed by atoms with van der Waals surface area (Å²) in [5.41, 5.74) is 5.09.